The van der Waals surface area contributed by atoms with Gasteiger partial charge in [-0.05, 0) is 58.3 Å². The van der Waals surface area contributed by atoms with Crippen molar-refractivity contribution in [3.8, 4) is 0 Å². The summed E-state index contributed by atoms with van der Waals surface area (Å²) >= 11 is 0. The maximum absolute atomic E-state index is 12.3. The smallest absolute Gasteiger partial charge is 0.213 e. The van der Waals surface area contributed by atoms with Gasteiger partial charge in [-0.3, -0.25) is 0 Å². The zero-order valence-corrected chi connectivity index (χ0v) is 15.0. The zero-order valence-electron chi connectivity index (χ0n) is 14.1. The summed E-state index contributed by atoms with van der Waals surface area (Å²) in [5, 5.41) is 3.32. The molecule has 0 bridgehead atoms. The second-order valence-corrected chi connectivity index (χ2v) is 8.85. The molecule has 0 aromatic rings. The fourth-order valence-electron chi connectivity index (χ4n) is 2.68. The Bertz CT molecular complexity index is 376. The fourth-order valence-corrected chi connectivity index (χ4v) is 4.00. The van der Waals surface area contributed by atoms with E-state index < -0.39 is 10.0 Å². The van der Waals surface area contributed by atoms with Crippen LogP contribution < -0.4 is 5.32 Å². The molecule has 0 aromatic heterocycles. The van der Waals surface area contributed by atoms with Gasteiger partial charge < -0.3 is 10.2 Å². The third-order valence-electron chi connectivity index (χ3n) is 4.21. The van der Waals surface area contributed by atoms with Gasteiger partial charge in [-0.15, -0.1) is 0 Å². The van der Waals surface area contributed by atoms with E-state index in [1.807, 2.05) is 0 Å². The molecule has 5 nitrogen and oxygen atoms in total. The Morgan fingerprint density at radius 1 is 1.24 bits per heavy atom. The normalized spacial score (nSPS) is 18.8. The molecule has 126 valence electrons. The number of piperidine rings is 1. The SMILES string of the molecule is CC(C)NCCCCS(=O)(=O)N(C)CC1CCN(C)CC1. The number of hydrogen-bond acceptors (Lipinski definition) is 4. The molecular formula is C15H33N3O2S. The first-order valence-corrected chi connectivity index (χ1v) is 9.78. The third-order valence-corrected chi connectivity index (χ3v) is 6.11. The minimum atomic E-state index is -3.08. The lowest BCUT2D eigenvalue weighted by molar-refractivity contribution is 0.202. The van der Waals surface area contributed by atoms with Gasteiger partial charge in [0, 0.05) is 19.6 Å². The predicted octanol–water partition coefficient (Wildman–Crippen LogP) is 1.37. The summed E-state index contributed by atoms with van der Waals surface area (Å²) in [6.45, 7) is 7.95. The number of hydrogen-bond donors (Lipinski definition) is 1. The van der Waals surface area contributed by atoms with Crippen LogP contribution in [0.4, 0.5) is 0 Å². The zero-order chi connectivity index (χ0) is 15.9. The average Bonchev–Trinajstić information content (AvgIpc) is 2.40. The molecule has 0 spiro atoms. The summed E-state index contributed by atoms with van der Waals surface area (Å²) in [6.07, 6.45) is 3.86. The van der Waals surface area contributed by atoms with Crippen LogP contribution in [0.2, 0.25) is 0 Å². The summed E-state index contributed by atoms with van der Waals surface area (Å²) < 4.78 is 26.1. The maximum atomic E-state index is 12.3. The van der Waals surface area contributed by atoms with Gasteiger partial charge in [0.05, 0.1) is 5.75 Å². The number of nitrogens with zero attached hydrogens (tertiary/aromatic N) is 2. The van der Waals surface area contributed by atoms with Crippen molar-refractivity contribution in [1.82, 2.24) is 14.5 Å². The Morgan fingerprint density at radius 3 is 2.43 bits per heavy atom. The van der Waals surface area contributed by atoms with Crippen LogP contribution in [0.1, 0.15) is 39.5 Å². The topological polar surface area (TPSA) is 52.7 Å². The molecule has 1 N–H and O–H groups in total. The Hall–Kier alpha value is -0.170. The van der Waals surface area contributed by atoms with E-state index in [0.29, 0.717) is 18.5 Å². The van der Waals surface area contributed by atoms with Gasteiger partial charge in [-0.25, -0.2) is 12.7 Å². The van der Waals surface area contributed by atoms with E-state index in [1.54, 1.807) is 11.4 Å². The molecule has 1 aliphatic heterocycles. The molecule has 0 radical (unpaired) electrons. The first-order chi connectivity index (χ1) is 9.81. The minimum absolute atomic E-state index is 0.274. The van der Waals surface area contributed by atoms with Gasteiger partial charge in [-0.1, -0.05) is 13.8 Å². The van der Waals surface area contributed by atoms with Crippen LogP contribution in [0.25, 0.3) is 0 Å². The lowest BCUT2D eigenvalue weighted by Crippen LogP contribution is -2.38. The molecule has 6 heteroatoms. The van der Waals surface area contributed by atoms with Crippen molar-refractivity contribution in [2.75, 3.05) is 46.0 Å². The van der Waals surface area contributed by atoms with Crippen molar-refractivity contribution in [3.05, 3.63) is 0 Å². The largest absolute Gasteiger partial charge is 0.315 e. The average molecular weight is 320 g/mol. The van der Waals surface area contributed by atoms with Gasteiger partial charge in [0.2, 0.25) is 10.0 Å². The van der Waals surface area contributed by atoms with Crippen molar-refractivity contribution in [1.29, 1.82) is 0 Å². The first kappa shape index (κ1) is 18.9. The quantitative estimate of drug-likeness (QED) is 0.652. The van der Waals surface area contributed by atoms with Crippen molar-refractivity contribution in [2.24, 2.45) is 5.92 Å². The molecule has 0 unspecified atom stereocenters. The molecule has 0 saturated carbocycles. The van der Waals surface area contributed by atoms with E-state index in [-0.39, 0.29) is 5.75 Å². The van der Waals surface area contributed by atoms with E-state index in [1.165, 1.54) is 0 Å². The summed E-state index contributed by atoms with van der Waals surface area (Å²) in [6, 6.07) is 0.466. The predicted molar refractivity (Wildman–Crippen MR) is 89.0 cm³/mol. The standard InChI is InChI=1S/C15H33N3O2S/c1-14(2)16-9-5-6-12-21(19,20)18(4)13-15-7-10-17(3)11-8-15/h14-16H,5-13H2,1-4H3. The summed E-state index contributed by atoms with van der Waals surface area (Å²) in [7, 11) is 0.781. The van der Waals surface area contributed by atoms with Crippen LogP contribution >= 0.6 is 0 Å². The van der Waals surface area contributed by atoms with E-state index in [2.05, 4.69) is 31.1 Å². The Morgan fingerprint density at radius 2 is 1.86 bits per heavy atom. The third kappa shape index (κ3) is 7.58. The van der Waals surface area contributed by atoms with Crippen molar-refractivity contribution in [2.45, 2.75) is 45.6 Å². The summed E-state index contributed by atoms with van der Waals surface area (Å²) in [4.78, 5) is 2.31. The highest BCUT2D eigenvalue weighted by Crippen LogP contribution is 2.18. The van der Waals surface area contributed by atoms with E-state index >= 15 is 0 Å². The van der Waals surface area contributed by atoms with Gasteiger partial charge in [0.25, 0.3) is 0 Å². The fraction of sp³-hybridized carbons (Fsp3) is 1.00. The Balaban J connectivity index is 2.26. The number of sulfonamides is 1. The Kier molecular flexibility index (Phi) is 8.16. The van der Waals surface area contributed by atoms with Gasteiger partial charge in [0.15, 0.2) is 0 Å². The molecular weight excluding hydrogens is 286 g/mol. The van der Waals surface area contributed by atoms with E-state index in [0.717, 1.165) is 45.3 Å². The highest BCUT2D eigenvalue weighted by Gasteiger charge is 2.23. The van der Waals surface area contributed by atoms with Crippen LogP contribution in [-0.4, -0.2) is 69.7 Å². The lowest BCUT2D eigenvalue weighted by atomic mass is 9.97. The number of likely N-dealkylation sites (tertiary alicyclic amines) is 1. The van der Waals surface area contributed by atoms with Crippen LogP contribution in [0, 0.1) is 5.92 Å². The van der Waals surface area contributed by atoms with E-state index in [9.17, 15) is 8.42 Å². The molecule has 1 heterocycles. The van der Waals surface area contributed by atoms with Crippen LogP contribution in [-0.2, 0) is 10.0 Å². The lowest BCUT2D eigenvalue weighted by Gasteiger charge is -2.31. The second-order valence-electron chi connectivity index (χ2n) is 6.66. The Labute approximate surface area is 131 Å². The van der Waals surface area contributed by atoms with Crippen LogP contribution in [0.15, 0.2) is 0 Å². The van der Waals surface area contributed by atoms with Crippen LogP contribution in [0.3, 0.4) is 0 Å². The highest BCUT2D eigenvalue weighted by molar-refractivity contribution is 7.89. The summed E-state index contributed by atoms with van der Waals surface area (Å²) in [5.74, 6) is 0.791. The van der Waals surface area contributed by atoms with Crippen molar-refractivity contribution >= 4 is 10.0 Å². The molecule has 1 aliphatic rings. The molecule has 0 amide bonds. The monoisotopic (exact) mass is 319 g/mol. The van der Waals surface area contributed by atoms with Gasteiger partial charge in [-0.2, -0.15) is 0 Å². The highest BCUT2D eigenvalue weighted by atomic mass is 32.2. The molecule has 1 saturated heterocycles. The first-order valence-electron chi connectivity index (χ1n) is 8.17. The molecule has 1 fully saturated rings. The van der Waals surface area contributed by atoms with Crippen molar-refractivity contribution in [3.63, 3.8) is 0 Å². The van der Waals surface area contributed by atoms with Gasteiger partial charge in [0.1, 0.15) is 0 Å². The molecule has 0 aromatic carbocycles. The molecule has 1 rings (SSSR count). The van der Waals surface area contributed by atoms with Crippen molar-refractivity contribution < 1.29 is 8.42 Å². The van der Waals surface area contributed by atoms with Crippen LogP contribution in [0.5, 0.6) is 0 Å². The number of rotatable bonds is 9. The second kappa shape index (κ2) is 9.08. The molecule has 0 aliphatic carbocycles. The van der Waals surface area contributed by atoms with E-state index in [4.69, 9.17) is 0 Å². The molecule has 0 atom stereocenters. The minimum Gasteiger partial charge on any atom is -0.315 e. The maximum Gasteiger partial charge on any atom is 0.213 e. The summed E-state index contributed by atoms with van der Waals surface area (Å²) in [5.41, 5.74) is 0. The molecule has 21 heavy (non-hydrogen) atoms. The number of unbranched alkanes of at least 4 members (excludes halogenated alkanes) is 1. The number of nitrogens with one attached hydrogen (secondary N) is 1. The van der Waals surface area contributed by atoms with Gasteiger partial charge >= 0.3 is 0 Å².